The first kappa shape index (κ1) is 11.9. The van der Waals surface area contributed by atoms with Gasteiger partial charge in [0.2, 0.25) is 0 Å². The van der Waals surface area contributed by atoms with E-state index in [0.29, 0.717) is 29.4 Å². The minimum absolute atomic E-state index is 0.444. The highest BCUT2D eigenvalue weighted by Crippen LogP contribution is 2.34. The number of rotatable bonds is 5. The zero-order valence-electron chi connectivity index (χ0n) is 8.75. The van der Waals surface area contributed by atoms with Gasteiger partial charge in [0.1, 0.15) is 6.29 Å². The first-order valence-electron chi connectivity index (χ1n) is 4.57. The van der Waals surface area contributed by atoms with Gasteiger partial charge in [0.25, 0.3) is 0 Å². The van der Waals surface area contributed by atoms with E-state index in [2.05, 4.69) is 0 Å². The zero-order chi connectivity index (χ0) is 11.3. The van der Waals surface area contributed by atoms with E-state index in [9.17, 15) is 4.79 Å². The standard InChI is InChI=1S/C11H13ClO3/c1-14-10-7-9(12)6-8(4-3-5-13)11(10)15-2/h5-7H,3-4H2,1-2H3. The van der Waals surface area contributed by atoms with Gasteiger partial charge in [-0.05, 0) is 18.1 Å². The maximum atomic E-state index is 10.3. The second kappa shape index (κ2) is 5.61. The molecule has 0 amide bonds. The van der Waals surface area contributed by atoms with Crippen LogP contribution in [0.5, 0.6) is 11.5 Å². The molecule has 0 aromatic heterocycles. The fourth-order valence-electron chi connectivity index (χ4n) is 1.41. The van der Waals surface area contributed by atoms with Crippen molar-refractivity contribution in [2.75, 3.05) is 14.2 Å². The number of ether oxygens (including phenoxy) is 2. The summed E-state index contributed by atoms with van der Waals surface area (Å²) in [4.78, 5) is 10.3. The fourth-order valence-corrected chi connectivity index (χ4v) is 1.64. The predicted octanol–water partition coefficient (Wildman–Crippen LogP) is 2.49. The zero-order valence-corrected chi connectivity index (χ0v) is 9.50. The van der Waals surface area contributed by atoms with Gasteiger partial charge in [0, 0.05) is 17.5 Å². The van der Waals surface area contributed by atoms with Crippen molar-refractivity contribution in [2.45, 2.75) is 12.8 Å². The molecule has 0 atom stereocenters. The summed E-state index contributed by atoms with van der Waals surface area (Å²) < 4.78 is 10.4. The highest BCUT2D eigenvalue weighted by atomic mass is 35.5. The van der Waals surface area contributed by atoms with Gasteiger partial charge in [-0.2, -0.15) is 0 Å². The smallest absolute Gasteiger partial charge is 0.164 e. The predicted molar refractivity (Wildman–Crippen MR) is 58.9 cm³/mol. The van der Waals surface area contributed by atoms with Crippen LogP contribution in [0.1, 0.15) is 12.0 Å². The average Bonchev–Trinajstić information content (AvgIpc) is 2.25. The van der Waals surface area contributed by atoms with E-state index in [0.717, 1.165) is 11.8 Å². The molecule has 0 aliphatic rings. The average molecular weight is 229 g/mol. The van der Waals surface area contributed by atoms with Gasteiger partial charge < -0.3 is 14.3 Å². The summed E-state index contributed by atoms with van der Waals surface area (Å²) >= 11 is 5.91. The van der Waals surface area contributed by atoms with E-state index < -0.39 is 0 Å². The van der Waals surface area contributed by atoms with Gasteiger partial charge >= 0.3 is 0 Å². The first-order chi connectivity index (χ1) is 7.22. The molecule has 0 N–H and O–H groups in total. The lowest BCUT2D eigenvalue weighted by molar-refractivity contribution is -0.107. The summed E-state index contributed by atoms with van der Waals surface area (Å²) in [5.41, 5.74) is 0.883. The molecule has 0 heterocycles. The Kier molecular flexibility index (Phi) is 4.43. The molecule has 4 heteroatoms. The highest BCUT2D eigenvalue weighted by Gasteiger charge is 2.11. The molecule has 1 aromatic rings. The number of carbonyl (C=O) groups excluding carboxylic acids is 1. The lowest BCUT2D eigenvalue weighted by Crippen LogP contribution is -1.97. The van der Waals surface area contributed by atoms with Crippen molar-refractivity contribution in [3.63, 3.8) is 0 Å². The van der Waals surface area contributed by atoms with Gasteiger partial charge in [-0.15, -0.1) is 0 Å². The summed E-state index contributed by atoms with van der Waals surface area (Å²) in [7, 11) is 3.12. The minimum Gasteiger partial charge on any atom is -0.493 e. The molecule has 1 rings (SSSR count). The Hall–Kier alpha value is -1.22. The van der Waals surface area contributed by atoms with Crippen LogP contribution in [0.2, 0.25) is 5.02 Å². The van der Waals surface area contributed by atoms with Gasteiger partial charge in [0.15, 0.2) is 11.5 Å². The number of hydrogen-bond acceptors (Lipinski definition) is 3. The molecule has 1 aromatic carbocycles. The largest absolute Gasteiger partial charge is 0.493 e. The van der Waals surface area contributed by atoms with E-state index in [1.54, 1.807) is 26.4 Å². The van der Waals surface area contributed by atoms with Gasteiger partial charge in [-0.25, -0.2) is 0 Å². The van der Waals surface area contributed by atoms with Gasteiger partial charge in [-0.3, -0.25) is 0 Å². The van der Waals surface area contributed by atoms with Crippen LogP contribution < -0.4 is 9.47 Å². The summed E-state index contributed by atoms with van der Waals surface area (Å²) in [6.07, 6.45) is 1.91. The van der Waals surface area contributed by atoms with Crippen molar-refractivity contribution < 1.29 is 14.3 Å². The van der Waals surface area contributed by atoms with Crippen LogP contribution in [-0.2, 0) is 11.2 Å². The Balaban J connectivity index is 3.10. The quantitative estimate of drug-likeness (QED) is 0.727. The van der Waals surface area contributed by atoms with Crippen molar-refractivity contribution in [1.29, 1.82) is 0 Å². The van der Waals surface area contributed by atoms with Crippen LogP contribution in [0.3, 0.4) is 0 Å². The van der Waals surface area contributed by atoms with E-state index in [1.807, 2.05) is 0 Å². The maximum Gasteiger partial charge on any atom is 0.164 e. The Labute approximate surface area is 93.9 Å². The van der Waals surface area contributed by atoms with Crippen LogP contribution >= 0.6 is 11.6 Å². The van der Waals surface area contributed by atoms with Gasteiger partial charge in [0.05, 0.1) is 14.2 Å². The van der Waals surface area contributed by atoms with E-state index in [4.69, 9.17) is 21.1 Å². The lowest BCUT2D eigenvalue weighted by atomic mass is 10.1. The van der Waals surface area contributed by atoms with Crippen LogP contribution in [0.25, 0.3) is 0 Å². The van der Waals surface area contributed by atoms with E-state index >= 15 is 0 Å². The third-order valence-corrected chi connectivity index (χ3v) is 2.27. The number of carbonyl (C=O) groups is 1. The molecule has 0 fully saturated rings. The molecule has 0 aliphatic carbocycles. The van der Waals surface area contributed by atoms with Crippen LogP contribution in [0, 0.1) is 0 Å². The molecule has 0 saturated carbocycles. The molecular weight excluding hydrogens is 216 g/mol. The molecule has 0 aliphatic heterocycles. The van der Waals surface area contributed by atoms with Crippen molar-refractivity contribution in [2.24, 2.45) is 0 Å². The Bertz CT molecular complexity index is 350. The summed E-state index contributed by atoms with van der Waals surface area (Å²) in [6, 6.07) is 3.47. The van der Waals surface area contributed by atoms with Crippen LogP contribution in [0.15, 0.2) is 12.1 Å². The van der Waals surface area contributed by atoms with E-state index in [-0.39, 0.29) is 0 Å². The number of aryl methyl sites for hydroxylation is 1. The minimum atomic E-state index is 0.444. The van der Waals surface area contributed by atoms with Crippen molar-refractivity contribution in [3.05, 3.63) is 22.7 Å². The number of hydrogen-bond donors (Lipinski definition) is 0. The Morgan fingerprint density at radius 1 is 1.33 bits per heavy atom. The van der Waals surface area contributed by atoms with E-state index in [1.165, 1.54) is 0 Å². The third-order valence-electron chi connectivity index (χ3n) is 2.05. The van der Waals surface area contributed by atoms with Crippen molar-refractivity contribution >= 4 is 17.9 Å². The summed E-state index contributed by atoms with van der Waals surface area (Å²) in [5, 5.41) is 0.577. The highest BCUT2D eigenvalue weighted by molar-refractivity contribution is 6.30. The molecule has 0 saturated heterocycles. The third kappa shape index (κ3) is 2.86. The Morgan fingerprint density at radius 2 is 2.07 bits per heavy atom. The molecule has 0 unspecified atom stereocenters. The molecular formula is C11H13ClO3. The Morgan fingerprint density at radius 3 is 2.60 bits per heavy atom. The van der Waals surface area contributed by atoms with Gasteiger partial charge in [-0.1, -0.05) is 11.6 Å². The summed E-state index contributed by atoms with van der Waals surface area (Å²) in [6.45, 7) is 0. The maximum absolute atomic E-state index is 10.3. The number of halogens is 1. The molecule has 15 heavy (non-hydrogen) atoms. The van der Waals surface area contributed by atoms with Crippen LogP contribution in [0.4, 0.5) is 0 Å². The molecule has 82 valence electrons. The SMILES string of the molecule is COc1cc(Cl)cc(CCC=O)c1OC. The fraction of sp³-hybridized carbons (Fsp3) is 0.364. The summed E-state index contributed by atoms with van der Waals surface area (Å²) in [5.74, 6) is 1.23. The normalized spacial score (nSPS) is 9.80. The number of benzene rings is 1. The number of methoxy groups -OCH3 is 2. The molecule has 3 nitrogen and oxygen atoms in total. The molecule has 0 radical (unpaired) electrons. The second-order valence-corrected chi connectivity index (χ2v) is 3.44. The topological polar surface area (TPSA) is 35.5 Å². The van der Waals surface area contributed by atoms with Crippen molar-refractivity contribution in [1.82, 2.24) is 0 Å². The lowest BCUT2D eigenvalue weighted by Gasteiger charge is -2.12. The second-order valence-electron chi connectivity index (χ2n) is 3.01. The molecule has 0 spiro atoms. The molecule has 0 bridgehead atoms. The first-order valence-corrected chi connectivity index (χ1v) is 4.94. The van der Waals surface area contributed by atoms with Crippen molar-refractivity contribution in [3.8, 4) is 11.5 Å². The van der Waals surface area contributed by atoms with Crippen LogP contribution in [-0.4, -0.2) is 20.5 Å². The number of aldehydes is 1. The monoisotopic (exact) mass is 228 g/mol.